The lowest BCUT2D eigenvalue weighted by atomic mass is 10.2. The summed E-state index contributed by atoms with van der Waals surface area (Å²) in [6.07, 6.45) is 2.81. The van der Waals surface area contributed by atoms with E-state index in [1.54, 1.807) is 43.3 Å². The minimum absolute atomic E-state index is 0.387. The topological polar surface area (TPSA) is 55.4 Å². The molecule has 0 aliphatic heterocycles. The van der Waals surface area contributed by atoms with E-state index in [1.807, 2.05) is 5.48 Å². The number of hydroxylamine groups is 1. The van der Waals surface area contributed by atoms with Gasteiger partial charge >= 0.3 is 5.97 Å². The molecule has 0 saturated heterocycles. The number of rotatable bonds is 2. The van der Waals surface area contributed by atoms with Gasteiger partial charge in [-0.05, 0) is 19.1 Å². The Morgan fingerprint density at radius 3 is 2.53 bits per heavy atom. The Morgan fingerprint density at radius 2 is 1.93 bits per heavy atom. The van der Waals surface area contributed by atoms with E-state index in [0.29, 0.717) is 5.56 Å². The highest BCUT2D eigenvalue weighted by molar-refractivity contribution is 5.92. The molecule has 0 unspecified atom stereocenters. The van der Waals surface area contributed by atoms with Gasteiger partial charge in [-0.25, -0.2) is 4.79 Å². The van der Waals surface area contributed by atoms with Crippen LogP contribution < -0.4 is 5.48 Å². The largest absolute Gasteiger partial charge is 0.362 e. The fraction of sp³-hybridized carbons (Fsp3) is 0.0909. The molecule has 1 rings (SSSR count). The number of benzene rings is 1. The molecule has 78 valence electrons. The van der Waals surface area contributed by atoms with Crippen LogP contribution >= 0.6 is 0 Å². The van der Waals surface area contributed by atoms with Crippen molar-refractivity contribution in [1.29, 1.82) is 0 Å². The van der Waals surface area contributed by atoms with Crippen LogP contribution in [-0.4, -0.2) is 11.9 Å². The molecule has 0 saturated carbocycles. The van der Waals surface area contributed by atoms with Gasteiger partial charge in [0, 0.05) is 6.08 Å². The Morgan fingerprint density at radius 1 is 1.27 bits per heavy atom. The van der Waals surface area contributed by atoms with E-state index in [4.69, 9.17) is 0 Å². The second-order valence-electron chi connectivity index (χ2n) is 2.72. The summed E-state index contributed by atoms with van der Waals surface area (Å²) in [6, 6.07) is 8.41. The highest BCUT2D eigenvalue weighted by Gasteiger charge is 2.06. The summed E-state index contributed by atoms with van der Waals surface area (Å²) in [5.41, 5.74) is 2.39. The van der Waals surface area contributed by atoms with E-state index in [2.05, 4.69) is 4.84 Å². The van der Waals surface area contributed by atoms with Crippen molar-refractivity contribution in [2.24, 2.45) is 0 Å². The number of allylic oxidation sites excluding steroid dienone is 1. The van der Waals surface area contributed by atoms with Gasteiger partial charge in [-0.2, -0.15) is 5.48 Å². The first-order chi connectivity index (χ1) is 7.24. The molecule has 0 radical (unpaired) electrons. The molecular weight excluding hydrogens is 194 g/mol. The SMILES string of the molecule is CC=CC(=O)NOC(=O)c1ccccc1. The van der Waals surface area contributed by atoms with Gasteiger partial charge in [0.15, 0.2) is 0 Å². The zero-order valence-electron chi connectivity index (χ0n) is 8.27. The smallest absolute Gasteiger partial charge is 0.335 e. The number of nitrogens with one attached hydrogen (secondary N) is 1. The Balaban J connectivity index is 2.47. The predicted molar refractivity (Wildman–Crippen MR) is 54.8 cm³/mol. The number of carbonyl (C=O) groups is 2. The highest BCUT2D eigenvalue weighted by Crippen LogP contribution is 1.99. The van der Waals surface area contributed by atoms with E-state index < -0.39 is 11.9 Å². The molecule has 0 bridgehead atoms. The molecule has 0 aliphatic rings. The molecule has 0 aliphatic carbocycles. The van der Waals surface area contributed by atoms with Gasteiger partial charge in [0.2, 0.25) is 0 Å². The molecular formula is C11H11NO3. The van der Waals surface area contributed by atoms with E-state index in [0.717, 1.165) is 0 Å². The Kier molecular flexibility index (Phi) is 4.09. The maximum atomic E-state index is 11.3. The number of hydrogen-bond acceptors (Lipinski definition) is 3. The molecule has 0 spiro atoms. The maximum Gasteiger partial charge on any atom is 0.362 e. The molecule has 1 aromatic rings. The zero-order valence-corrected chi connectivity index (χ0v) is 8.27. The third-order valence-electron chi connectivity index (χ3n) is 1.57. The first-order valence-corrected chi connectivity index (χ1v) is 4.43. The van der Waals surface area contributed by atoms with Crippen LogP contribution in [0.1, 0.15) is 17.3 Å². The lowest BCUT2D eigenvalue weighted by molar-refractivity contribution is -0.125. The molecule has 0 fully saturated rings. The minimum Gasteiger partial charge on any atom is -0.335 e. The van der Waals surface area contributed by atoms with Crippen LogP contribution in [0.2, 0.25) is 0 Å². The van der Waals surface area contributed by atoms with Crippen LogP contribution in [0.15, 0.2) is 42.5 Å². The van der Waals surface area contributed by atoms with Gasteiger partial charge in [-0.3, -0.25) is 4.79 Å². The van der Waals surface area contributed by atoms with Gasteiger partial charge in [0.25, 0.3) is 5.91 Å². The van der Waals surface area contributed by atoms with Gasteiger partial charge in [-0.15, -0.1) is 0 Å². The molecule has 1 aromatic carbocycles. The lowest BCUT2D eigenvalue weighted by Gasteiger charge is -2.02. The average molecular weight is 205 g/mol. The van der Waals surface area contributed by atoms with Crippen molar-refractivity contribution in [1.82, 2.24) is 5.48 Å². The zero-order chi connectivity index (χ0) is 11.1. The number of carbonyl (C=O) groups excluding carboxylic acids is 2. The third kappa shape index (κ3) is 3.64. The van der Waals surface area contributed by atoms with Crippen molar-refractivity contribution in [3.63, 3.8) is 0 Å². The Bertz CT molecular complexity index is 371. The number of amides is 1. The molecule has 0 heterocycles. The van der Waals surface area contributed by atoms with Crippen LogP contribution in [0, 0.1) is 0 Å². The fourth-order valence-electron chi connectivity index (χ4n) is 0.915. The van der Waals surface area contributed by atoms with Crippen molar-refractivity contribution in [2.45, 2.75) is 6.92 Å². The van der Waals surface area contributed by atoms with E-state index in [-0.39, 0.29) is 0 Å². The van der Waals surface area contributed by atoms with Crippen LogP contribution in [0.3, 0.4) is 0 Å². The van der Waals surface area contributed by atoms with E-state index in [1.165, 1.54) is 6.08 Å². The van der Waals surface area contributed by atoms with Gasteiger partial charge in [0.05, 0.1) is 5.56 Å². The van der Waals surface area contributed by atoms with Crippen LogP contribution in [0.25, 0.3) is 0 Å². The fourth-order valence-corrected chi connectivity index (χ4v) is 0.915. The van der Waals surface area contributed by atoms with Gasteiger partial charge < -0.3 is 4.84 Å². The average Bonchev–Trinajstić information content (AvgIpc) is 2.27. The first-order valence-electron chi connectivity index (χ1n) is 4.43. The van der Waals surface area contributed by atoms with Crippen molar-refractivity contribution >= 4 is 11.9 Å². The van der Waals surface area contributed by atoms with Crippen LogP contribution in [0.4, 0.5) is 0 Å². The summed E-state index contributed by atoms with van der Waals surface area (Å²) in [6.45, 7) is 1.69. The second-order valence-corrected chi connectivity index (χ2v) is 2.72. The predicted octanol–water partition coefficient (Wildman–Crippen LogP) is 1.45. The lowest BCUT2D eigenvalue weighted by Crippen LogP contribution is -2.25. The van der Waals surface area contributed by atoms with Gasteiger partial charge in [-0.1, -0.05) is 24.3 Å². The Hall–Kier alpha value is -2.10. The molecule has 4 nitrogen and oxygen atoms in total. The first kappa shape index (κ1) is 11.0. The molecule has 4 heteroatoms. The maximum absolute atomic E-state index is 11.3. The van der Waals surface area contributed by atoms with Crippen molar-refractivity contribution in [3.8, 4) is 0 Å². The summed E-state index contributed by atoms with van der Waals surface area (Å²) in [4.78, 5) is 26.7. The molecule has 1 amide bonds. The monoisotopic (exact) mass is 205 g/mol. The summed E-state index contributed by atoms with van der Waals surface area (Å²) in [5.74, 6) is -1.06. The second kappa shape index (κ2) is 5.59. The minimum atomic E-state index is -0.589. The summed E-state index contributed by atoms with van der Waals surface area (Å²) < 4.78 is 0. The van der Waals surface area contributed by atoms with Crippen molar-refractivity contribution in [2.75, 3.05) is 0 Å². The third-order valence-corrected chi connectivity index (χ3v) is 1.57. The van der Waals surface area contributed by atoms with Gasteiger partial charge in [0.1, 0.15) is 0 Å². The standard InChI is InChI=1S/C11H11NO3/c1-2-6-10(13)12-15-11(14)9-7-4-3-5-8-9/h2-8H,1H3,(H,12,13). The summed E-state index contributed by atoms with van der Waals surface area (Å²) in [5, 5.41) is 0. The van der Waals surface area contributed by atoms with Crippen LogP contribution in [0.5, 0.6) is 0 Å². The Labute approximate surface area is 87.5 Å². The summed E-state index contributed by atoms with van der Waals surface area (Å²) >= 11 is 0. The normalized spacial score (nSPS) is 9.93. The molecule has 1 N–H and O–H groups in total. The quantitative estimate of drug-likeness (QED) is 0.587. The molecule has 0 atom stereocenters. The van der Waals surface area contributed by atoms with Crippen LogP contribution in [-0.2, 0) is 9.63 Å². The van der Waals surface area contributed by atoms with Crippen molar-refractivity contribution in [3.05, 3.63) is 48.0 Å². The highest BCUT2D eigenvalue weighted by atomic mass is 16.7. The van der Waals surface area contributed by atoms with E-state index >= 15 is 0 Å². The van der Waals surface area contributed by atoms with Crippen molar-refractivity contribution < 1.29 is 14.4 Å². The molecule has 15 heavy (non-hydrogen) atoms. The van der Waals surface area contributed by atoms with E-state index in [9.17, 15) is 9.59 Å². The molecule has 0 aromatic heterocycles. The summed E-state index contributed by atoms with van der Waals surface area (Å²) in [7, 11) is 0. The number of hydrogen-bond donors (Lipinski definition) is 1.